The van der Waals surface area contributed by atoms with E-state index < -0.39 is 0 Å². The molecule has 3 rings (SSSR count). The molecule has 0 aliphatic rings. The quantitative estimate of drug-likeness (QED) is 0.774. The molecular weight excluding hydrogens is 259 g/mol. The van der Waals surface area contributed by atoms with Crippen LogP contribution in [-0.2, 0) is 0 Å². The van der Waals surface area contributed by atoms with E-state index in [1.807, 2.05) is 13.0 Å². The Morgan fingerprint density at radius 3 is 2.95 bits per heavy atom. The van der Waals surface area contributed by atoms with Crippen LogP contribution in [0.15, 0.2) is 35.0 Å². The van der Waals surface area contributed by atoms with Crippen LogP contribution in [0.2, 0.25) is 0 Å². The van der Waals surface area contributed by atoms with Gasteiger partial charge >= 0.3 is 0 Å². The van der Waals surface area contributed by atoms with Crippen molar-refractivity contribution in [3.63, 3.8) is 0 Å². The predicted octanol–water partition coefficient (Wildman–Crippen LogP) is 3.05. The summed E-state index contributed by atoms with van der Waals surface area (Å²) in [7, 11) is 0. The summed E-state index contributed by atoms with van der Waals surface area (Å²) in [4.78, 5) is 7.09. The number of aromatic amines is 1. The molecule has 0 unspecified atom stereocenters. The summed E-state index contributed by atoms with van der Waals surface area (Å²) < 4.78 is 18.4. The maximum atomic E-state index is 13.3. The molecule has 0 aliphatic carbocycles. The van der Waals surface area contributed by atoms with Crippen molar-refractivity contribution in [2.75, 3.05) is 0 Å². The fourth-order valence-electron chi connectivity index (χ4n) is 1.86. The van der Waals surface area contributed by atoms with E-state index in [2.05, 4.69) is 15.1 Å². The molecular formula is C14H9FN4O. The molecule has 3 aromatic rings. The Hall–Kier alpha value is -2.94. The largest absolute Gasteiger partial charge is 0.356 e. The molecule has 2 heterocycles. The number of halogens is 1. The molecule has 0 atom stereocenters. The first-order valence-corrected chi connectivity index (χ1v) is 5.86. The molecule has 5 nitrogen and oxygen atoms in total. The molecule has 0 saturated carbocycles. The van der Waals surface area contributed by atoms with Crippen molar-refractivity contribution in [3.05, 3.63) is 47.4 Å². The highest BCUT2D eigenvalue weighted by Gasteiger charge is 2.14. The molecule has 0 radical (unpaired) electrons. The Morgan fingerprint density at radius 2 is 2.20 bits per heavy atom. The van der Waals surface area contributed by atoms with Crippen LogP contribution in [0, 0.1) is 24.1 Å². The highest BCUT2D eigenvalue weighted by molar-refractivity contribution is 5.62. The molecule has 0 saturated heterocycles. The summed E-state index contributed by atoms with van der Waals surface area (Å²) in [5.74, 6) is 0.207. The van der Waals surface area contributed by atoms with E-state index in [-0.39, 0.29) is 11.7 Å². The second-order valence-corrected chi connectivity index (χ2v) is 4.30. The third-order valence-corrected chi connectivity index (χ3v) is 2.91. The van der Waals surface area contributed by atoms with Gasteiger partial charge in [-0.15, -0.1) is 0 Å². The van der Waals surface area contributed by atoms with Crippen LogP contribution in [0.25, 0.3) is 23.0 Å². The number of aromatic nitrogens is 3. The Labute approximate surface area is 113 Å². The van der Waals surface area contributed by atoms with Crippen molar-refractivity contribution >= 4 is 0 Å². The van der Waals surface area contributed by atoms with Crippen molar-refractivity contribution in [3.8, 4) is 29.0 Å². The van der Waals surface area contributed by atoms with Crippen LogP contribution in [0.4, 0.5) is 4.39 Å². The van der Waals surface area contributed by atoms with Gasteiger partial charge in [-0.2, -0.15) is 10.2 Å². The Bertz CT molecular complexity index is 813. The third-order valence-electron chi connectivity index (χ3n) is 2.91. The maximum Gasteiger partial charge on any atom is 0.274 e. The lowest BCUT2D eigenvalue weighted by molar-refractivity contribution is 0.431. The van der Waals surface area contributed by atoms with E-state index in [0.717, 1.165) is 5.56 Å². The van der Waals surface area contributed by atoms with Gasteiger partial charge in [0.05, 0.1) is 5.56 Å². The first-order valence-electron chi connectivity index (χ1n) is 5.86. The summed E-state index contributed by atoms with van der Waals surface area (Å²) in [5, 5.41) is 12.6. The summed E-state index contributed by atoms with van der Waals surface area (Å²) in [6, 6.07) is 8.00. The normalized spacial score (nSPS) is 10.4. The van der Waals surface area contributed by atoms with Gasteiger partial charge in [0, 0.05) is 11.8 Å². The lowest BCUT2D eigenvalue weighted by atomic mass is 10.1. The minimum atomic E-state index is -0.358. The minimum absolute atomic E-state index is 0.255. The third kappa shape index (κ3) is 2.06. The number of nitrogens with one attached hydrogen (secondary N) is 1. The maximum absolute atomic E-state index is 13.3. The number of aryl methyl sites for hydroxylation is 1. The van der Waals surface area contributed by atoms with Crippen LogP contribution in [0.5, 0.6) is 0 Å². The Kier molecular flexibility index (Phi) is 2.80. The zero-order valence-electron chi connectivity index (χ0n) is 10.5. The number of hydrogen-bond donors (Lipinski definition) is 1. The molecule has 0 fully saturated rings. The topological polar surface area (TPSA) is 78.5 Å². The summed E-state index contributed by atoms with van der Waals surface area (Å²) >= 11 is 0. The van der Waals surface area contributed by atoms with E-state index in [9.17, 15) is 4.39 Å². The standard InChI is InChI=1S/C14H9FN4O/c1-8-2-3-10(15)5-11(8)13-18-14(20-19-13)12-4-9(6-16)7-17-12/h2-5,7,17H,1H3. The van der Waals surface area contributed by atoms with Crippen molar-refractivity contribution in [2.24, 2.45) is 0 Å². The number of hydrogen-bond acceptors (Lipinski definition) is 4. The zero-order valence-corrected chi connectivity index (χ0v) is 10.5. The van der Waals surface area contributed by atoms with Gasteiger partial charge < -0.3 is 9.51 Å². The van der Waals surface area contributed by atoms with Gasteiger partial charge in [-0.3, -0.25) is 0 Å². The number of rotatable bonds is 2. The molecule has 20 heavy (non-hydrogen) atoms. The van der Waals surface area contributed by atoms with Crippen LogP contribution in [0.1, 0.15) is 11.1 Å². The molecule has 1 N–H and O–H groups in total. The number of nitrogens with zero attached hydrogens (tertiary/aromatic N) is 3. The van der Waals surface area contributed by atoms with Crippen LogP contribution < -0.4 is 0 Å². The van der Waals surface area contributed by atoms with Gasteiger partial charge in [-0.05, 0) is 30.7 Å². The fourth-order valence-corrected chi connectivity index (χ4v) is 1.86. The minimum Gasteiger partial charge on any atom is -0.356 e. The summed E-state index contributed by atoms with van der Waals surface area (Å²) in [5.41, 5.74) is 2.45. The van der Waals surface area contributed by atoms with Gasteiger partial charge in [-0.25, -0.2) is 4.39 Å². The highest BCUT2D eigenvalue weighted by atomic mass is 19.1. The first-order chi connectivity index (χ1) is 9.67. The molecule has 98 valence electrons. The van der Waals surface area contributed by atoms with Crippen LogP contribution in [-0.4, -0.2) is 15.1 Å². The van der Waals surface area contributed by atoms with Crippen molar-refractivity contribution in [1.82, 2.24) is 15.1 Å². The van der Waals surface area contributed by atoms with Crippen LogP contribution >= 0.6 is 0 Å². The SMILES string of the molecule is Cc1ccc(F)cc1-c1noc(-c2cc(C#N)c[nH]2)n1. The lowest BCUT2D eigenvalue weighted by Crippen LogP contribution is -1.87. The Balaban J connectivity index is 2.02. The van der Waals surface area contributed by atoms with Crippen LogP contribution in [0.3, 0.4) is 0 Å². The average molecular weight is 268 g/mol. The number of H-pyrrole nitrogens is 1. The van der Waals surface area contributed by atoms with Crippen molar-refractivity contribution < 1.29 is 8.91 Å². The first kappa shape index (κ1) is 12.1. The Morgan fingerprint density at radius 1 is 1.35 bits per heavy atom. The second-order valence-electron chi connectivity index (χ2n) is 4.30. The molecule has 1 aromatic carbocycles. The van der Waals surface area contributed by atoms with E-state index in [1.165, 1.54) is 12.1 Å². The molecule has 2 aromatic heterocycles. The lowest BCUT2D eigenvalue weighted by Gasteiger charge is -1.99. The van der Waals surface area contributed by atoms with E-state index in [1.54, 1.807) is 18.3 Å². The molecule has 0 aliphatic heterocycles. The fraction of sp³-hybridized carbons (Fsp3) is 0.0714. The zero-order chi connectivity index (χ0) is 14.1. The summed E-state index contributed by atoms with van der Waals surface area (Å²) in [6.45, 7) is 1.84. The van der Waals surface area contributed by atoms with E-state index >= 15 is 0 Å². The van der Waals surface area contributed by atoms with Crippen molar-refractivity contribution in [1.29, 1.82) is 5.26 Å². The number of nitriles is 1. The number of benzene rings is 1. The summed E-state index contributed by atoms with van der Waals surface area (Å²) in [6.07, 6.45) is 1.55. The molecule has 0 amide bonds. The monoisotopic (exact) mass is 268 g/mol. The second kappa shape index (κ2) is 4.63. The molecule has 6 heteroatoms. The van der Waals surface area contributed by atoms with Crippen molar-refractivity contribution in [2.45, 2.75) is 6.92 Å². The van der Waals surface area contributed by atoms with Gasteiger partial charge in [0.1, 0.15) is 17.6 Å². The van der Waals surface area contributed by atoms with Gasteiger partial charge in [0.25, 0.3) is 5.89 Å². The highest BCUT2D eigenvalue weighted by Crippen LogP contribution is 2.24. The smallest absolute Gasteiger partial charge is 0.274 e. The van der Waals surface area contributed by atoms with Gasteiger partial charge in [0.15, 0.2) is 0 Å². The average Bonchev–Trinajstić information content (AvgIpc) is 3.09. The molecule has 0 bridgehead atoms. The van der Waals surface area contributed by atoms with Gasteiger partial charge in [-0.1, -0.05) is 11.2 Å². The predicted molar refractivity (Wildman–Crippen MR) is 68.9 cm³/mol. The molecule has 0 spiro atoms. The van der Waals surface area contributed by atoms with Gasteiger partial charge in [0.2, 0.25) is 5.82 Å². The van der Waals surface area contributed by atoms with E-state index in [4.69, 9.17) is 9.78 Å². The van der Waals surface area contributed by atoms with E-state index in [0.29, 0.717) is 22.6 Å².